The van der Waals surface area contributed by atoms with Gasteiger partial charge in [0.25, 0.3) is 0 Å². The van der Waals surface area contributed by atoms with Crippen molar-refractivity contribution in [1.29, 1.82) is 0 Å². The summed E-state index contributed by atoms with van der Waals surface area (Å²) in [4.78, 5) is 37.9. The number of esters is 3. The summed E-state index contributed by atoms with van der Waals surface area (Å²) in [6.45, 7) is 6.47. The van der Waals surface area contributed by atoms with Crippen LogP contribution in [0, 0.1) is 0 Å². The van der Waals surface area contributed by atoms with Crippen LogP contribution in [0.5, 0.6) is 0 Å². The number of allylic oxidation sites excluding steroid dienone is 10. The smallest absolute Gasteiger partial charge is 0.306 e. The Kier molecular flexibility index (Phi) is 47.4. The van der Waals surface area contributed by atoms with E-state index in [1.54, 1.807) is 0 Å². The van der Waals surface area contributed by atoms with Crippen molar-refractivity contribution in [2.75, 3.05) is 13.2 Å². The predicted molar refractivity (Wildman–Crippen MR) is 261 cm³/mol. The summed E-state index contributed by atoms with van der Waals surface area (Å²) < 4.78 is 16.7. The molecule has 0 radical (unpaired) electrons. The highest BCUT2D eigenvalue weighted by molar-refractivity contribution is 5.71. The molecule has 0 fully saturated rings. The summed E-state index contributed by atoms with van der Waals surface area (Å²) in [6.07, 6.45) is 60.6. The molecule has 0 N–H and O–H groups in total. The third kappa shape index (κ3) is 48.0. The van der Waals surface area contributed by atoms with Crippen molar-refractivity contribution in [2.45, 2.75) is 258 Å². The van der Waals surface area contributed by atoms with E-state index in [0.29, 0.717) is 19.3 Å². The van der Waals surface area contributed by atoms with Crippen molar-refractivity contribution < 1.29 is 28.6 Å². The average Bonchev–Trinajstić information content (AvgIpc) is 3.26. The van der Waals surface area contributed by atoms with Crippen molar-refractivity contribution in [1.82, 2.24) is 0 Å². The molecule has 0 aromatic heterocycles. The minimum atomic E-state index is -0.793. The average molecular weight is 853 g/mol. The number of ether oxygens (including phenoxy) is 3. The van der Waals surface area contributed by atoms with Crippen molar-refractivity contribution in [2.24, 2.45) is 0 Å². The molecule has 61 heavy (non-hydrogen) atoms. The normalized spacial score (nSPS) is 12.5. The molecule has 0 heterocycles. The second kappa shape index (κ2) is 49.8. The zero-order chi connectivity index (χ0) is 44.4. The van der Waals surface area contributed by atoms with Crippen LogP contribution in [-0.4, -0.2) is 37.2 Å². The first-order chi connectivity index (χ1) is 30.0. The Morgan fingerprint density at radius 3 is 1.07 bits per heavy atom. The summed E-state index contributed by atoms with van der Waals surface area (Å²) in [7, 11) is 0. The summed E-state index contributed by atoms with van der Waals surface area (Å²) in [6, 6.07) is 0. The second-order valence-electron chi connectivity index (χ2n) is 17.0. The fraction of sp³-hybridized carbons (Fsp3) is 0.764. The molecule has 0 aliphatic carbocycles. The van der Waals surface area contributed by atoms with E-state index in [9.17, 15) is 14.4 Å². The van der Waals surface area contributed by atoms with E-state index in [1.807, 2.05) is 0 Å². The quantitative estimate of drug-likeness (QED) is 0.0263. The Morgan fingerprint density at radius 2 is 0.639 bits per heavy atom. The second-order valence-corrected chi connectivity index (χ2v) is 17.0. The number of hydrogen-bond acceptors (Lipinski definition) is 6. The maximum Gasteiger partial charge on any atom is 0.306 e. The van der Waals surface area contributed by atoms with Gasteiger partial charge in [-0.25, -0.2) is 0 Å². The van der Waals surface area contributed by atoms with Crippen LogP contribution in [-0.2, 0) is 28.6 Å². The Morgan fingerprint density at radius 1 is 0.344 bits per heavy atom. The van der Waals surface area contributed by atoms with Gasteiger partial charge in [0, 0.05) is 19.3 Å². The fourth-order valence-electron chi connectivity index (χ4n) is 7.09. The largest absolute Gasteiger partial charge is 0.462 e. The summed E-state index contributed by atoms with van der Waals surface area (Å²) in [5.41, 5.74) is 0. The lowest BCUT2D eigenvalue weighted by Gasteiger charge is -2.18. The molecule has 0 spiro atoms. The third-order valence-electron chi connectivity index (χ3n) is 11.0. The van der Waals surface area contributed by atoms with Gasteiger partial charge in [0.1, 0.15) is 13.2 Å². The maximum absolute atomic E-state index is 12.8. The van der Waals surface area contributed by atoms with Crippen LogP contribution in [0.1, 0.15) is 252 Å². The predicted octanol–water partition coefficient (Wildman–Crippen LogP) is 16.9. The molecule has 0 saturated carbocycles. The highest BCUT2D eigenvalue weighted by Crippen LogP contribution is 2.14. The molecule has 0 aliphatic heterocycles. The molecule has 6 nitrogen and oxygen atoms in total. The van der Waals surface area contributed by atoms with Crippen LogP contribution < -0.4 is 0 Å². The number of carbonyl (C=O) groups excluding carboxylic acids is 3. The molecule has 1 unspecified atom stereocenters. The maximum atomic E-state index is 12.8. The van der Waals surface area contributed by atoms with E-state index in [1.165, 1.54) is 122 Å². The zero-order valence-corrected chi connectivity index (χ0v) is 40.2. The molecule has 0 amide bonds. The van der Waals surface area contributed by atoms with E-state index in [0.717, 1.165) is 89.9 Å². The van der Waals surface area contributed by atoms with Crippen LogP contribution in [0.4, 0.5) is 0 Å². The minimum absolute atomic E-state index is 0.0907. The highest BCUT2D eigenvalue weighted by atomic mass is 16.6. The number of carbonyl (C=O) groups is 3. The first kappa shape index (κ1) is 58.1. The fourth-order valence-corrected chi connectivity index (χ4v) is 7.09. The van der Waals surface area contributed by atoms with Gasteiger partial charge in [0.2, 0.25) is 0 Å². The van der Waals surface area contributed by atoms with Gasteiger partial charge in [-0.3, -0.25) is 14.4 Å². The molecule has 0 saturated heterocycles. The zero-order valence-electron chi connectivity index (χ0n) is 40.2. The van der Waals surface area contributed by atoms with E-state index in [2.05, 4.69) is 81.5 Å². The van der Waals surface area contributed by atoms with E-state index < -0.39 is 6.10 Å². The topological polar surface area (TPSA) is 78.9 Å². The summed E-state index contributed by atoms with van der Waals surface area (Å²) in [5.74, 6) is -0.931. The number of hydrogen-bond donors (Lipinski definition) is 0. The molecule has 1 atom stereocenters. The molecule has 0 rings (SSSR count). The molecule has 352 valence electrons. The van der Waals surface area contributed by atoms with Crippen molar-refractivity contribution in [3.8, 4) is 0 Å². The van der Waals surface area contributed by atoms with Crippen LogP contribution in [0.2, 0.25) is 0 Å². The van der Waals surface area contributed by atoms with Gasteiger partial charge >= 0.3 is 17.9 Å². The monoisotopic (exact) mass is 853 g/mol. The molecule has 0 aromatic rings. The lowest BCUT2D eigenvalue weighted by molar-refractivity contribution is -0.167. The van der Waals surface area contributed by atoms with Gasteiger partial charge in [0.15, 0.2) is 6.10 Å². The Labute approximate surface area is 377 Å². The lowest BCUT2D eigenvalue weighted by atomic mass is 10.1. The van der Waals surface area contributed by atoms with Crippen LogP contribution >= 0.6 is 0 Å². The van der Waals surface area contributed by atoms with Gasteiger partial charge in [-0.05, 0) is 103 Å². The summed E-state index contributed by atoms with van der Waals surface area (Å²) in [5, 5.41) is 0. The van der Waals surface area contributed by atoms with Crippen LogP contribution in [0.25, 0.3) is 0 Å². The Balaban J connectivity index is 4.39. The Hall–Kier alpha value is -2.89. The van der Waals surface area contributed by atoms with Crippen LogP contribution in [0.15, 0.2) is 60.8 Å². The molecule has 6 heteroatoms. The van der Waals surface area contributed by atoms with E-state index in [-0.39, 0.29) is 31.1 Å². The van der Waals surface area contributed by atoms with Gasteiger partial charge < -0.3 is 14.2 Å². The molecule has 0 aliphatic rings. The van der Waals surface area contributed by atoms with Gasteiger partial charge in [0.05, 0.1) is 0 Å². The SMILES string of the molecule is CC/C=C\C/C=C\C/C=C\CCCCCC(=O)OC(COC(=O)CCCCCCC/C=C\CCCCC)COC(=O)CCCCCCCCC/C=C\CCCCCCCCC. The molecule has 0 bridgehead atoms. The van der Waals surface area contributed by atoms with Gasteiger partial charge in [-0.2, -0.15) is 0 Å². The molecule has 0 aromatic carbocycles. The first-order valence-corrected chi connectivity index (χ1v) is 25.8. The van der Waals surface area contributed by atoms with E-state index in [4.69, 9.17) is 14.2 Å². The number of unbranched alkanes of at least 4 members (excludes halogenated alkanes) is 25. The van der Waals surface area contributed by atoms with Crippen molar-refractivity contribution in [3.05, 3.63) is 60.8 Å². The minimum Gasteiger partial charge on any atom is -0.462 e. The standard InChI is InChI=1S/C55H96O6/c1-4-7-10-13-16-19-22-25-26-27-28-29-31-33-36-39-42-45-48-54(57)60-51-52(50-59-53(56)47-44-41-38-35-32-24-21-18-15-12-9-6-3)61-55(58)49-46-43-40-37-34-30-23-20-17-14-11-8-5-2/h8,11,17-18,20-21,26-27,30,34,52H,4-7,9-10,12-16,19,22-25,28-29,31-33,35-51H2,1-3H3/b11-8-,20-17-,21-18-,27-26-,34-30-. The van der Waals surface area contributed by atoms with E-state index >= 15 is 0 Å². The third-order valence-corrected chi connectivity index (χ3v) is 11.0. The first-order valence-electron chi connectivity index (χ1n) is 25.8. The number of rotatable bonds is 46. The Bertz CT molecular complexity index is 1120. The highest BCUT2D eigenvalue weighted by Gasteiger charge is 2.19. The van der Waals surface area contributed by atoms with Gasteiger partial charge in [-0.15, -0.1) is 0 Å². The molecular weight excluding hydrogens is 757 g/mol. The van der Waals surface area contributed by atoms with Crippen LogP contribution in [0.3, 0.4) is 0 Å². The lowest BCUT2D eigenvalue weighted by Crippen LogP contribution is -2.30. The van der Waals surface area contributed by atoms with Crippen molar-refractivity contribution >= 4 is 17.9 Å². The summed E-state index contributed by atoms with van der Waals surface area (Å²) >= 11 is 0. The van der Waals surface area contributed by atoms with Crippen molar-refractivity contribution in [3.63, 3.8) is 0 Å². The van der Waals surface area contributed by atoms with Gasteiger partial charge in [-0.1, -0.05) is 191 Å². The molecular formula is C55H96O6.